The van der Waals surface area contributed by atoms with Crippen LogP contribution in [-0.2, 0) is 6.54 Å². The van der Waals surface area contributed by atoms with Gasteiger partial charge in [-0.2, -0.15) is 0 Å². The zero-order valence-electron chi connectivity index (χ0n) is 16.6. The summed E-state index contributed by atoms with van der Waals surface area (Å²) >= 11 is 0. The van der Waals surface area contributed by atoms with Crippen molar-refractivity contribution in [3.05, 3.63) is 52.1 Å². The van der Waals surface area contributed by atoms with Crippen molar-refractivity contribution in [3.63, 3.8) is 0 Å². The van der Waals surface area contributed by atoms with E-state index in [1.54, 1.807) is 0 Å². The van der Waals surface area contributed by atoms with Crippen LogP contribution in [-0.4, -0.2) is 59.9 Å². The number of anilines is 2. The van der Waals surface area contributed by atoms with E-state index in [2.05, 4.69) is 51.1 Å². The maximum atomic E-state index is 11.9. The van der Waals surface area contributed by atoms with Gasteiger partial charge >= 0.3 is 5.69 Å². The third-order valence-corrected chi connectivity index (χ3v) is 5.44. The molecule has 0 atom stereocenters. The summed E-state index contributed by atoms with van der Waals surface area (Å²) in [6.45, 7) is 6.58. The minimum absolute atomic E-state index is 0.0367. The lowest BCUT2D eigenvalue weighted by Gasteiger charge is -2.34. The van der Waals surface area contributed by atoms with Crippen molar-refractivity contribution in [2.75, 3.05) is 49.6 Å². The van der Waals surface area contributed by atoms with Gasteiger partial charge in [-0.1, -0.05) is 30.3 Å². The summed E-state index contributed by atoms with van der Waals surface area (Å²) in [6, 6.07) is 12.0. The molecule has 1 saturated heterocycles. The molecule has 0 unspecified atom stereocenters. The van der Waals surface area contributed by atoms with Gasteiger partial charge in [0.2, 0.25) is 5.52 Å². The topological polar surface area (TPSA) is 91.8 Å². The van der Waals surface area contributed by atoms with Gasteiger partial charge in [0.1, 0.15) is 5.69 Å². The second-order valence-electron chi connectivity index (χ2n) is 7.27. The van der Waals surface area contributed by atoms with Crippen LogP contribution >= 0.6 is 0 Å². The molecule has 3 aromatic rings. The lowest BCUT2D eigenvalue weighted by Crippen LogP contribution is -2.44. The van der Waals surface area contributed by atoms with E-state index in [0.29, 0.717) is 17.7 Å². The van der Waals surface area contributed by atoms with Crippen molar-refractivity contribution in [1.82, 2.24) is 15.2 Å². The molecule has 0 spiro atoms. The average Bonchev–Trinajstić information content (AvgIpc) is 3.21. The Morgan fingerprint density at radius 1 is 1.14 bits per heavy atom. The number of benzene rings is 2. The van der Waals surface area contributed by atoms with Crippen LogP contribution in [0.1, 0.15) is 12.5 Å². The SMILES string of the molecule is CCN(Cc1ccccc1)c1cc(N2CCN(C)CC2)c([N+](=O)[O-])c2nonc12. The number of piperazine rings is 1. The van der Waals surface area contributed by atoms with E-state index < -0.39 is 0 Å². The molecule has 1 aromatic heterocycles. The molecule has 0 radical (unpaired) electrons. The van der Waals surface area contributed by atoms with Crippen LogP contribution in [0.2, 0.25) is 0 Å². The number of hydrogen-bond acceptors (Lipinski definition) is 8. The Kier molecular flexibility index (Phi) is 5.30. The van der Waals surface area contributed by atoms with Gasteiger partial charge in [-0.15, -0.1) is 0 Å². The van der Waals surface area contributed by atoms with Crippen molar-refractivity contribution in [2.45, 2.75) is 13.5 Å². The Balaban J connectivity index is 1.82. The molecule has 1 aliphatic rings. The fourth-order valence-electron chi connectivity index (χ4n) is 3.78. The van der Waals surface area contributed by atoms with Crippen LogP contribution in [0.15, 0.2) is 41.0 Å². The summed E-state index contributed by atoms with van der Waals surface area (Å²) in [7, 11) is 2.06. The smallest absolute Gasteiger partial charge is 0.323 e. The van der Waals surface area contributed by atoms with Crippen molar-refractivity contribution in [2.24, 2.45) is 0 Å². The van der Waals surface area contributed by atoms with E-state index in [4.69, 9.17) is 4.63 Å². The van der Waals surface area contributed by atoms with Crippen LogP contribution in [0.3, 0.4) is 0 Å². The molecule has 2 aromatic carbocycles. The molecule has 0 amide bonds. The minimum Gasteiger partial charge on any atom is -0.366 e. The number of likely N-dealkylation sites (N-methyl/N-ethyl adjacent to an activating group) is 1. The molecule has 4 rings (SSSR count). The van der Waals surface area contributed by atoms with Crippen LogP contribution in [0, 0.1) is 10.1 Å². The summed E-state index contributed by atoms with van der Waals surface area (Å²) < 4.78 is 4.94. The van der Waals surface area contributed by atoms with Gasteiger partial charge in [0.05, 0.1) is 10.6 Å². The number of nitro benzene ring substituents is 1. The van der Waals surface area contributed by atoms with Crippen LogP contribution in [0.5, 0.6) is 0 Å². The predicted molar refractivity (Wildman–Crippen MR) is 111 cm³/mol. The van der Waals surface area contributed by atoms with Crippen molar-refractivity contribution in [3.8, 4) is 0 Å². The first kappa shape index (κ1) is 19.1. The second-order valence-corrected chi connectivity index (χ2v) is 7.27. The number of nitro groups is 1. The maximum Gasteiger partial charge on any atom is 0.323 e. The molecule has 0 bridgehead atoms. The van der Waals surface area contributed by atoms with E-state index in [9.17, 15) is 10.1 Å². The quantitative estimate of drug-likeness (QED) is 0.464. The van der Waals surface area contributed by atoms with Gasteiger partial charge in [0.15, 0.2) is 5.52 Å². The number of rotatable bonds is 6. The van der Waals surface area contributed by atoms with E-state index in [1.165, 1.54) is 0 Å². The van der Waals surface area contributed by atoms with Crippen LogP contribution < -0.4 is 9.80 Å². The van der Waals surface area contributed by atoms with E-state index in [-0.39, 0.29) is 16.1 Å². The monoisotopic (exact) mass is 396 g/mol. The highest BCUT2D eigenvalue weighted by Gasteiger charge is 2.31. The molecule has 0 aliphatic carbocycles. The molecule has 0 saturated carbocycles. The van der Waals surface area contributed by atoms with Crippen molar-refractivity contribution < 1.29 is 9.55 Å². The van der Waals surface area contributed by atoms with Gasteiger partial charge < -0.3 is 14.7 Å². The van der Waals surface area contributed by atoms with Gasteiger partial charge in [0, 0.05) is 39.3 Å². The highest BCUT2D eigenvalue weighted by Crippen LogP contribution is 2.41. The predicted octanol–water partition coefficient (Wildman–Crippen LogP) is 2.91. The van der Waals surface area contributed by atoms with Gasteiger partial charge in [-0.25, -0.2) is 4.63 Å². The third-order valence-electron chi connectivity index (χ3n) is 5.44. The molecule has 1 fully saturated rings. The summed E-state index contributed by atoms with van der Waals surface area (Å²) in [5.41, 5.74) is 3.11. The zero-order chi connectivity index (χ0) is 20.4. The number of fused-ring (bicyclic) bond motifs is 1. The highest BCUT2D eigenvalue weighted by atomic mass is 16.6. The summed E-state index contributed by atoms with van der Waals surface area (Å²) in [5, 5.41) is 19.8. The number of nitrogens with zero attached hydrogens (tertiary/aromatic N) is 6. The van der Waals surface area contributed by atoms with Gasteiger partial charge in [-0.3, -0.25) is 10.1 Å². The fraction of sp³-hybridized carbons (Fsp3) is 0.400. The molecule has 2 heterocycles. The fourth-order valence-corrected chi connectivity index (χ4v) is 3.78. The Labute approximate surface area is 168 Å². The first-order chi connectivity index (χ1) is 14.1. The van der Waals surface area contributed by atoms with Crippen LogP contribution in [0.4, 0.5) is 17.1 Å². The molecule has 152 valence electrons. The zero-order valence-corrected chi connectivity index (χ0v) is 16.6. The lowest BCUT2D eigenvalue weighted by molar-refractivity contribution is -0.382. The molecule has 29 heavy (non-hydrogen) atoms. The first-order valence-electron chi connectivity index (χ1n) is 9.74. The Bertz CT molecular complexity index is 998. The van der Waals surface area contributed by atoms with Crippen molar-refractivity contribution in [1.29, 1.82) is 0 Å². The molecular formula is C20H24N6O3. The summed E-state index contributed by atoms with van der Waals surface area (Å²) in [4.78, 5) is 18.0. The molecular weight excluding hydrogens is 372 g/mol. The lowest BCUT2D eigenvalue weighted by atomic mass is 10.1. The molecule has 9 heteroatoms. The van der Waals surface area contributed by atoms with Gasteiger partial charge in [0.25, 0.3) is 0 Å². The highest BCUT2D eigenvalue weighted by molar-refractivity contribution is 6.00. The van der Waals surface area contributed by atoms with Crippen LogP contribution in [0.25, 0.3) is 11.0 Å². The van der Waals surface area contributed by atoms with E-state index >= 15 is 0 Å². The Morgan fingerprint density at radius 2 is 1.83 bits per heavy atom. The van der Waals surface area contributed by atoms with Crippen molar-refractivity contribution >= 4 is 28.1 Å². The summed E-state index contributed by atoms with van der Waals surface area (Å²) in [6.07, 6.45) is 0. The first-order valence-corrected chi connectivity index (χ1v) is 9.74. The van der Waals surface area contributed by atoms with E-state index in [1.807, 2.05) is 24.3 Å². The molecule has 9 nitrogen and oxygen atoms in total. The van der Waals surface area contributed by atoms with E-state index in [0.717, 1.165) is 44.0 Å². The average molecular weight is 396 g/mol. The number of hydrogen-bond donors (Lipinski definition) is 0. The maximum absolute atomic E-state index is 11.9. The van der Waals surface area contributed by atoms with Gasteiger partial charge in [-0.05, 0) is 35.9 Å². The number of aromatic nitrogens is 2. The molecule has 0 N–H and O–H groups in total. The second kappa shape index (κ2) is 8.04. The summed E-state index contributed by atoms with van der Waals surface area (Å²) in [5.74, 6) is 0. The standard InChI is InChI=1S/C20H24N6O3/c1-3-24(14-15-7-5-4-6-8-15)16-13-17(25-11-9-23(2)10-12-25)20(26(27)28)19-18(16)21-29-22-19/h4-8,13H,3,9-12,14H2,1-2H3. The Hall–Kier alpha value is -3.20. The Morgan fingerprint density at radius 3 is 2.48 bits per heavy atom. The minimum atomic E-state index is -0.378. The third kappa shape index (κ3) is 3.73. The molecule has 1 aliphatic heterocycles. The normalized spacial score (nSPS) is 15.0. The largest absolute Gasteiger partial charge is 0.366 e.